The van der Waals surface area contributed by atoms with E-state index in [0.717, 1.165) is 19.4 Å². The Labute approximate surface area is 161 Å². The summed E-state index contributed by atoms with van der Waals surface area (Å²) in [4.78, 5) is 29.0. The predicted molar refractivity (Wildman–Crippen MR) is 101 cm³/mol. The van der Waals surface area contributed by atoms with Crippen molar-refractivity contribution in [2.24, 2.45) is 0 Å². The van der Waals surface area contributed by atoms with E-state index in [1.807, 2.05) is 0 Å². The fourth-order valence-electron chi connectivity index (χ4n) is 3.11. The van der Waals surface area contributed by atoms with Crippen LogP contribution in [0.1, 0.15) is 28.9 Å². The minimum absolute atomic E-state index is 0.0545. The zero-order valence-corrected chi connectivity index (χ0v) is 15.2. The van der Waals surface area contributed by atoms with E-state index in [2.05, 4.69) is 4.98 Å². The van der Waals surface area contributed by atoms with Crippen molar-refractivity contribution in [3.63, 3.8) is 0 Å². The zero-order valence-electron chi connectivity index (χ0n) is 15.2. The first kappa shape index (κ1) is 18.2. The summed E-state index contributed by atoms with van der Waals surface area (Å²) in [5.74, 6) is -0.0764. The quantitative estimate of drug-likeness (QED) is 0.612. The van der Waals surface area contributed by atoms with Gasteiger partial charge < -0.3 is 14.2 Å². The number of hydrogen-bond acceptors (Lipinski definition) is 6. The van der Waals surface area contributed by atoms with E-state index in [0.29, 0.717) is 29.3 Å². The molecule has 0 spiro atoms. The molecule has 1 aliphatic rings. The minimum atomic E-state index is -0.530. The molecule has 28 heavy (non-hydrogen) atoms. The van der Waals surface area contributed by atoms with Crippen LogP contribution in [-0.4, -0.2) is 34.7 Å². The van der Waals surface area contributed by atoms with Gasteiger partial charge >= 0.3 is 5.97 Å². The molecule has 1 aromatic carbocycles. The van der Waals surface area contributed by atoms with E-state index < -0.39 is 5.97 Å². The molecule has 144 valence electrons. The number of aromatic nitrogens is 2. The number of rotatable bonds is 6. The Kier molecular flexibility index (Phi) is 5.34. The van der Waals surface area contributed by atoms with Crippen LogP contribution in [0.3, 0.4) is 0 Å². The molecule has 1 fully saturated rings. The molecule has 0 N–H and O–H groups in total. The van der Waals surface area contributed by atoms with Gasteiger partial charge in [0.1, 0.15) is 30.2 Å². The highest BCUT2D eigenvalue weighted by molar-refractivity contribution is 5.92. The third kappa shape index (κ3) is 4.04. The van der Waals surface area contributed by atoms with Gasteiger partial charge in [-0.1, -0.05) is 18.2 Å². The van der Waals surface area contributed by atoms with Crippen LogP contribution in [0.15, 0.2) is 59.5 Å². The predicted octanol–water partition coefficient (Wildman–Crippen LogP) is 2.61. The highest BCUT2D eigenvalue weighted by Gasteiger charge is 2.19. The van der Waals surface area contributed by atoms with Gasteiger partial charge in [-0.05, 0) is 37.1 Å². The Morgan fingerprint density at radius 3 is 2.93 bits per heavy atom. The van der Waals surface area contributed by atoms with Crippen LogP contribution in [0, 0.1) is 0 Å². The first-order valence-corrected chi connectivity index (χ1v) is 9.18. The lowest BCUT2D eigenvalue weighted by Gasteiger charge is -2.14. The third-order valence-electron chi connectivity index (χ3n) is 4.53. The molecule has 0 aliphatic carbocycles. The molecule has 7 heteroatoms. The molecule has 0 radical (unpaired) electrons. The standard InChI is InChI=1S/C21H20N2O5/c24-20-12-15(22-19-9-3-4-10-23(19)20)13-28-21(25)17-7-1-2-8-18(17)27-14-16-6-5-11-26-16/h1-4,7-10,12,16H,5-6,11,13-14H2/t16-/m1/s1. The fourth-order valence-corrected chi connectivity index (χ4v) is 3.11. The first-order chi connectivity index (χ1) is 13.7. The molecule has 3 heterocycles. The van der Waals surface area contributed by atoms with Gasteiger partial charge in [-0.25, -0.2) is 9.78 Å². The summed E-state index contributed by atoms with van der Waals surface area (Å²) in [5, 5.41) is 0. The molecule has 2 aromatic heterocycles. The van der Waals surface area contributed by atoms with Crippen molar-refractivity contribution in [3.8, 4) is 5.75 Å². The Morgan fingerprint density at radius 2 is 2.07 bits per heavy atom. The lowest BCUT2D eigenvalue weighted by Crippen LogP contribution is -2.18. The van der Waals surface area contributed by atoms with Crippen molar-refractivity contribution in [2.75, 3.05) is 13.2 Å². The first-order valence-electron chi connectivity index (χ1n) is 9.18. The topological polar surface area (TPSA) is 79.1 Å². The van der Waals surface area contributed by atoms with Crippen LogP contribution < -0.4 is 10.3 Å². The van der Waals surface area contributed by atoms with Crippen molar-refractivity contribution < 1.29 is 19.0 Å². The Morgan fingerprint density at radius 1 is 1.21 bits per heavy atom. The summed E-state index contributed by atoms with van der Waals surface area (Å²) in [6.07, 6.45) is 3.67. The largest absolute Gasteiger partial charge is 0.490 e. The van der Waals surface area contributed by atoms with Gasteiger partial charge in [0.05, 0.1) is 11.8 Å². The van der Waals surface area contributed by atoms with E-state index in [1.165, 1.54) is 10.5 Å². The SMILES string of the molecule is O=C(OCc1cc(=O)n2ccccc2n1)c1ccccc1OC[C@H]1CCCO1. The fraction of sp³-hybridized carbons (Fsp3) is 0.286. The summed E-state index contributed by atoms with van der Waals surface area (Å²) in [5.41, 5.74) is 0.999. The third-order valence-corrected chi connectivity index (χ3v) is 4.53. The summed E-state index contributed by atoms with van der Waals surface area (Å²) in [6.45, 7) is 1.04. The normalized spacial score (nSPS) is 16.2. The van der Waals surface area contributed by atoms with E-state index in [1.54, 1.807) is 48.7 Å². The Hall–Kier alpha value is -3.19. The number of carbonyl (C=O) groups is 1. The number of para-hydroxylation sites is 1. The van der Waals surface area contributed by atoms with Crippen LogP contribution in [0.5, 0.6) is 5.75 Å². The van der Waals surface area contributed by atoms with Gasteiger partial charge in [-0.3, -0.25) is 9.20 Å². The molecule has 7 nitrogen and oxygen atoms in total. The van der Waals surface area contributed by atoms with Crippen LogP contribution in [-0.2, 0) is 16.1 Å². The second-order valence-electron chi connectivity index (χ2n) is 6.53. The van der Waals surface area contributed by atoms with E-state index in [9.17, 15) is 9.59 Å². The summed E-state index contributed by atoms with van der Waals surface area (Å²) in [7, 11) is 0. The van der Waals surface area contributed by atoms with Crippen molar-refractivity contribution in [1.82, 2.24) is 9.38 Å². The van der Waals surface area contributed by atoms with Gasteiger partial charge in [0.25, 0.3) is 5.56 Å². The number of pyridine rings is 1. The molecule has 3 aromatic rings. The van der Waals surface area contributed by atoms with E-state index in [4.69, 9.17) is 14.2 Å². The molecule has 1 saturated heterocycles. The number of esters is 1. The molecule has 0 unspecified atom stereocenters. The van der Waals surface area contributed by atoms with Crippen molar-refractivity contribution in [3.05, 3.63) is 76.3 Å². The van der Waals surface area contributed by atoms with E-state index >= 15 is 0 Å². The number of fused-ring (bicyclic) bond motifs is 1. The number of nitrogens with zero attached hydrogens (tertiary/aromatic N) is 2. The molecule has 0 amide bonds. The zero-order chi connectivity index (χ0) is 19.3. The van der Waals surface area contributed by atoms with E-state index in [-0.39, 0.29) is 18.3 Å². The average Bonchev–Trinajstić information content (AvgIpc) is 3.24. The number of benzene rings is 1. The molecule has 0 bridgehead atoms. The van der Waals surface area contributed by atoms with Crippen molar-refractivity contribution in [1.29, 1.82) is 0 Å². The second kappa shape index (κ2) is 8.22. The number of carbonyl (C=O) groups excluding carboxylic acids is 1. The number of ether oxygens (including phenoxy) is 3. The summed E-state index contributed by atoms with van der Waals surface area (Å²) < 4.78 is 18.1. The van der Waals surface area contributed by atoms with Crippen LogP contribution in [0.2, 0.25) is 0 Å². The Balaban J connectivity index is 1.44. The molecule has 0 saturated carbocycles. The Bertz CT molecular complexity index is 1040. The van der Waals surface area contributed by atoms with Crippen LogP contribution in [0.4, 0.5) is 0 Å². The molecular formula is C21H20N2O5. The van der Waals surface area contributed by atoms with Crippen molar-refractivity contribution >= 4 is 11.6 Å². The van der Waals surface area contributed by atoms with Crippen LogP contribution >= 0.6 is 0 Å². The highest BCUT2D eigenvalue weighted by atomic mass is 16.5. The average molecular weight is 380 g/mol. The van der Waals surface area contributed by atoms with Crippen molar-refractivity contribution in [2.45, 2.75) is 25.6 Å². The monoisotopic (exact) mass is 380 g/mol. The molecule has 1 atom stereocenters. The van der Waals surface area contributed by atoms with Gasteiger partial charge in [-0.15, -0.1) is 0 Å². The molecular weight excluding hydrogens is 360 g/mol. The maximum atomic E-state index is 12.5. The van der Waals surface area contributed by atoms with Gasteiger partial charge in [-0.2, -0.15) is 0 Å². The van der Waals surface area contributed by atoms with Gasteiger partial charge in [0, 0.05) is 18.9 Å². The smallest absolute Gasteiger partial charge is 0.342 e. The van der Waals surface area contributed by atoms with Gasteiger partial charge in [0.2, 0.25) is 0 Å². The minimum Gasteiger partial charge on any atom is -0.490 e. The summed E-state index contributed by atoms with van der Waals surface area (Å²) >= 11 is 0. The lowest BCUT2D eigenvalue weighted by atomic mass is 10.2. The van der Waals surface area contributed by atoms with Crippen LogP contribution in [0.25, 0.3) is 5.65 Å². The summed E-state index contributed by atoms with van der Waals surface area (Å²) in [6, 6.07) is 13.6. The lowest BCUT2D eigenvalue weighted by molar-refractivity contribution is 0.0450. The maximum absolute atomic E-state index is 12.5. The maximum Gasteiger partial charge on any atom is 0.342 e. The van der Waals surface area contributed by atoms with Gasteiger partial charge in [0.15, 0.2) is 0 Å². The number of hydrogen-bond donors (Lipinski definition) is 0. The molecule has 4 rings (SSSR count). The highest BCUT2D eigenvalue weighted by Crippen LogP contribution is 2.21. The second-order valence-corrected chi connectivity index (χ2v) is 6.53. The molecule has 1 aliphatic heterocycles.